The quantitative estimate of drug-likeness (QED) is 0.386. The number of nitrogens with two attached hydrogens (primary N) is 1. The van der Waals surface area contributed by atoms with Gasteiger partial charge >= 0.3 is 0 Å². The lowest BCUT2D eigenvalue weighted by atomic mass is 10.1. The Kier molecular flexibility index (Phi) is 4.66. The Labute approximate surface area is 121 Å². The van der Waals surface area contributed by atoms with Crippen LogP contribution >= 0.6 is 15.9 Å². The van der Waals surface area contributed by atoms with Gasteiger partial charge in [0.1, 0.15) is 0 Å². The predicted octanol–water partition coefficient (Wildman–Crippen LogP) is 2.16. The molecule has 6 heteroatoms. The Hall–Kier alpha value is -1.27. The predicted molar refractivity (Wildman–Crippen MR) is 78.9 cm³/mol. The molecular weight excluding hydrogens is 310 g/mol. The van der Waals surface area contributed by atoms with Gasteiger partial charge in [-0.25, -0.2) is 0 Å². The first kappa shape index (κ1) is 14.1. The third kappa shape index (κ3) is 3.19. The van der Waals surface area contributed by atoms with E-state index in [9.17, 15) is 0 Å². The van der Waals surface area contributed by atoms with Crippen LogP contribution in [0.5, 0.6) is 0 Å². The monoisotopic (exact) mass is 327 g/mol. The molecule has 19 heavy (non-hydrogen) atoms. The molecule has 1 aromatic rings. The summed E-state index contributed by atoms with van der Waals surface area (Å²) in [6.07, 6.45) is 2.43. The van der Waals surface area contributed by atoms with Crippen LogP contribution in [0.15, 0.2) is 27.8 Å². The van der Waals surface area contributed by atoms with Crippen molar-refractivity contribution in [3.63, 3.8) is 0 Å². The van der Waals surface area contributed by atoms with Gasteiger partial charge in [-0.15, -0.1) is 0 Å². The van der Waals surface area contributed by atoms with Crippen molar-refractivity contribution in [3.05, 3.63) is 28.2 Å². The number of hydrogen-bond donors (Lipinski definition) is 2. The van der Waals surface area contributed by atoms with Crippen LogP contribution in [-0.4, -0.2) is 37.3 Å². The molecule has 0 radical (unpaired) electrons. The van der Waals surface area contributed by atoms with Crippen LogP contribution in [0.3, 0.4) is 0 Å². The van der Waals surface area contributed by atoms with Crippen molar-refractivity contribution in [2.45, 2.75) is 18.9 Å². The molecule has 0 spiro atoms. The van der Waals surface area contributed by atoms with Crippen LogP contribution in [0.2, 0.25) is 0 Å². The van der Waals surface area contributed by atoms with Crippen molar-refractivity contribution >= 4 is 27.5 Å². The molecule has 1 aromatic carbocycles. The molecule has 1 fully saturated rings. The second kappa shape index (κ2) is 6.25. The fraction of sp³-hybridized carbons (Fsp3) is 0.462. The molecule has 1 saturated heterocycles. The number of halogens is 1. The SMILES string of the molecule is COC1CCN(c2ccc(/C(N)=N/O)cc2Br)CC1. The van der Waals surface area contributed by atoms with Gasteiger partial charge in [-0.05, 0) is 47.0 Å². The Balaban J connectivity index is 2.14. The molecular formula is C13H18BrN3O2. The molecule has 0 bridgehead atoms. The third-order valence-electron chi connectivity index (χ3n) is 3.47. The summed E-state index contributed by atoms with van der Waals surface area (Å²) < 4.78 is 6.32. The van der Waals surface area contributed by atoms with E-state index in [2.05, 4.69) is 26.0 Å². The van der Waals surface area contributed by atoms with Crippen LogP contribution in [0.25, 0.3) is 0 Å². The van der Waals surface area contributed by atoms with E-state index in [1.165, 1.54) is 0 Å². The van der Waals surface area contributed by atoms with Crippen molar-refractivity contribution in [3.8, 4) is 0 Å². The highest BCUT2D eigenvalue weighted by Gasteiger charge is 2.20. The molecule has 1 aliphatic rings. The van der Waals surface area contributed by atoms with Crippen molar-refractivity contribution in [1.82, 2.24) is 0 Å². The van der Waals surface area contributed by atoms with Gasteiger partial charge in [0.2, 0.25) is 0 Å². The molecule has 1 heterocycles. The molecule has 0 atom stereocenters. The Morgan fingerprint density at radius 1 is 1.47 bits per heavy atom. The van der Waals surface area contributed by atoms with E-state index in [0.717, 1.165) is 36.1 Å². The number of rotatable bonds is 3. The van der Waals surface area contributed by atoms with E-state index < -0.39 is 0 Å². The zero-order chi connectivity index (χ0) is 13.8. The van der Waals surface area contributed by atoms with Gasteiger partial charge in [0.25, 0.3) is 0 Å². The molecule has 0 unspecified atom stereocenters. The van der Waals surface area contributed by atoms with Gasteiger partial charge in [-0.3, -0.25) is 0 Å². The lowest BCUT2D eigenvalue weighted by molar-refractivity contribution is 0.0819. The average Bonchev–Trinajstić information content (AvgIpc) is 2.46. The molecule has 2 rings (SSSR count). The maximum absolute atomic E-state index is 8.68. The summed E-state index contributed by atoms with van der Waals surface area (Å²) in [5.74, 6) is 0.116. The summed E-state index contributed by atoms with van der Waals surface area (Å²) in [5.41, 5.74) is 7.40. The lowest BCUT2D eigenvalue weighted by Crippen LogP contribution is -2.36. The number of oxime groups is 1. The summed E-state index contributed by atoms with van der Waals surface area (Å²) in [4.78, 5) is 2.32. The van der Waals surface area contributed by atoms with Crippen molar-refractivity contribution < 1.29 is 9.94 Å². The average molecular weight is 328 g/mol. The standard InChI is InChI=1S/C13H18BrN3O2/c1-19-10-4-6-17(7-5-10)12-3-2-9(8-11(12)14)13(15)16-18/h2-3,8,10,18H,4-7H2,1H3,(H2,15,16). The number of methoxy groups -OCH3 is 1. The van der Waals surface area contributed by atoms with Crippen LogP contribution in [0.4, 0.5) is 5.69 Å². The van der Waals surface area contributed by atoms with Crippen molar-refractivity contribution in [2.75, 3.05) is 25.1 Å². The molecule has 0 aliphatic carbocycles. The molecule has 0 aromatic heterocycles. The molecule has 3 N–H and O–H groups in total. The third-order valence-corrected chi connectivity index (χ3v) is 4.10. The summed E-state index contributed by atoms with van der Waals surface area (Å²) >= 11 is 3.55. The maximum Gasteiger partial charge on any atom is 0.170 e. The summed E-state index contributed by atoms with van der Waals surface area (Å²) in [7, 11) is 1.77. The Morgan fingerprint density at radius 2 is 2.16 bits per heavy atom. The highest BCUT2D eigenvalue weighted by molar-refractivity contribution is 9.10. The van der Waals surface area contributed by atoms with Gasteiger partial charge < -0.3 is 20.6 Å². The Bertz CT molecular complexity index is 471. The second-order valence-corrected chi connectivity index (χ2v) is 5.43. The molecule has 0 amide bonds. The van der Waals surface area contributed by atoms with Crippen molar-refractivity contribution in [2.24, 2.45) is 10.9 Å². The molecule has 104 valence electrons. The van der Waals surface area contributed by atoms with Crippen LogP contribution < -0.4 is 10.6 Å². The van der Waals surface area contributed by atoms with Crippen LogP contribution in [0.1, 0.15) is 18.4 Å². The first-order chi connectivity index (χ1) is 9.15. The van der Waals surface area contributed by atoms with E-state index in [1.54, 1.807) is 7.11 Å². The molecule has 1 aliphatic heterocycles. The first-order valence-corrected chi connectivity index (χ1v) is 7.00. The van der Waals surface area contributed by atoms with Gasteiger partial charge in [-0.1, -0.05) is 5.16 Å². The van der Waals surface area contributed by atoms with E-state index in [0.29, 0.717) is 11.7 Å². The van der Waals surface area contributed by atoms with Crippen molar-refractivity contribution in [1.29, 1.82) is 0 Å². The topological polar surface area (TPSA) is 71.1 Å². The number of benzene rings is 1. The van der Waals surface area contributed by atoms with Gasteiger partial charge in [0, 0.05) is 30.2 Å². The van der Waals surface area contributed by atoms with E-state index in [-0.39, 0.29) is 5.84 Å². The second-order valence-electron chi connectivity index (χ2n) is 4.57. The summed E-state index contributed by atoms with van der Waals surface area (Å²) in [5, 5.41) is 11.7. The van der Waals surface area contributed by atoms with Gasteiger partial charge in [-0.2, -0.15) is 0 Å². The number of nitrogens with zero attached hydrogens (tertiary/aromatic N) is 2. The molecule has 5 nitrogen and oxygen atoms in total. The summed E-state index contributed by atoms with van der Waals surface area (Å²) in [6.45, 7) is 1.94. The number of piperidine rings is 1. The highest BCUT2D eigenvalue weighted by atomic mass is 79.9. The zero-order valence-corrected chi connectivity index (χ0v) is 12.4. The van der Waals surface area contributed by atoms with Gasteiger partial charge in [0.05, 0.1) is 11.8 Å². The summed E-state index contributed by atoms with van der Waals surface area (Å²) in [6, 6.07) is 5.72. The number of anilines is 1. The van der Waals surface area contributed by atoms with Gasteiger partial charge in [0.15, 0.2) is 5.84 Å². The minimum absolute atomic E-state index is 0.116. The lowest BCUT2D eigenvalue weighted by Gasteiger charge is -2.33. The largest absolute Gasteiger partial charge is 0.409 e. The van der Waals surface area contributed by atoms with E-state index >= 15 is 0 Å². The zero-order valence-electron chi connectivity index (χ0n) is 10.8. The highest BCUT2D eigenvalue weighted by Crippen LogP contribution is 2.30. The first-order valence-electron chi connectivity index (χ1n) is 6.21. The minimum atomic E-state index is 0.116. The maximum atomic E-state index is 8.68. The molecule has 0 saturated carbocycles. The van der Waals surface area contributed by atoms with Crippen LogP contribution in [-0.2, 0) is 4.74 Å². The minimum Gasteiger partial charge on any atom is -0.409 e. The normalized spacial score (nSPS) is 17.8. The fourth-order valence-corrected chi connectivity index (χ4v) is 2.94. The van der Waals surface area contributed by atoms with E-state index in [1.807, 2.05) is 18.2 Å². The fourth-order valence-electron chi connectivity index (χ4n) is 2.31. The van der Waals surface area contributed by atoms with Crippen LogP contribution in [0, 0.1) is 0 Å². The number of ether oxygens (including phenoxy) is 1. The Morgan fingerprint density at radius 3 is 2.68 bits per heavy atom. The smallest absolute Gasteiger partial charge is 0.170 e. The number of hydrogen-bond acceptors (Lipinski definition) is 4. The van der Waals surface area contributed by atoms with E-state index in [4.69, 9.17) is 15.7 Å². The number of amidine groups is 1.